The summed E-state index contributed by atoms with van der Waals surface area (Å²) in [5.41, 5.74) is 0.0708. The average Bonchev–Trinajstić information content (AvgIpc) is 2.37. The summed E-state index contributed by atoms with van der Waals surface area (Å²) in [6, 6.07) is 0.305. The highest BCUT2D eigenvalue weighted by molar-refractivity contribution is 6.32. The number of hydrogen-bond acceptors (Lipinski definition) is 5. The molecule has 6 heteroatoms. The molecular formula is C13H21ClN4O. The Hall–Kier alpha value is -1.07. The van der Waals surface area contributed by atoms with Gasteiger partial charge in [0.25, 0.3) is 0 Å². The molecule has 2 atom stereocenters. The third-order valence-electron chi connectivity index (χ3n) is 3.85. The maximum absolute atomic E-state index is 6.14. The second-order valence-corrected chi connectivity index (χ2v) is 5.81. The number of rotatable bonds is 5. The number of methoxy groups -OCH3 is 1. The van der Waals surface area contributed by atoms with Crippen molar-refractivity contribution in [1.29, 1.82) is 0 Å². The first kappa shape index (κ1) is 14.3. The summed E-state index contributed by atoms with van der Waals surface area (Å²) in [7, 11) is 1.75. The van der Waals surface area contributed by atoms with Gasteiger partial charge < -0.3 is 15.4 Å². The van der Waals surface area contributed by atoms with Crippen LogP contribution in [0.4, 0.5) is 11.8 Å². The van der Waals surface area contributed by atoms with Gasteiger partial charge in [0.1, 0.15) is 5.02 Å². The molecule has 0 saturated heterocycles. The van der Waals surface area contributed by atoms with Crippen LogP contribution >= 0.6 is 11.6 Å². The van der Waals surface area contributed by atoms with E-state index in [0.717, 1.165) is 13.0 Å². The fourth-order valence-electron chi connectivity index (χ4n) is 2.41. The van der Waals surface area contributed by atoms with E-state index in [1.54, 1.807) is 13.3 Å². The van der Waals surface area contributed by atoms with Crippen molar-refractivity contribution in [3.8, 4) is 0 Å². The lowest BCUT2D eigenvalue weighted by atomic mass is 9.64. The second-order valence-electron chi connectivity index (χ2n) is 5.40. The molecule has 0 radical (unpaired) electrons. The lowest BCUT2D eigenvalue weighted by Crippen LogP contribution is -2.57. The van der Waals surface area contributed by atoms with Crippen molar-refractivity contribution in [2.24, 2.45) is 5.41 Å². The summed E-state index contributed by atoms with van der Waals surface area (Å²) < 4.78 is 5.44. The fraction of sp³-hybridized carbons (Fsp3) is 0.692. The van der Waals surface area contributed by atoms with Gasteiger partial charge in [-0.2, -0.15) is 4.98 Å². The van der Waals surface area contributed by atoms with Crippen LogP contribution in [0.1, 0.15) is 27.2 Å². The summed E-state index contributed by atoms with van der Waals surface area (Å²) >= 11 is 6.14. The predicted molar refractivity (Wildman–Crippen MR) is 77.8 cm³/mol. The van der Waals surface area contributed by atoms with Crippen molar-refractivity contribution in [1.82, 2.24) is 9.97 Å². The van der Waals surface area contributed by atoms with Gasteiger partial charge in [0.15, 0.2) is 5.82 Å². The molecule has 0 bridgehead atoms. The van der Waals surface area contributed by atoms with Crippen LogP contribution in [-0.2, 0) is 4.74 Å². The molecule has 2 rings (SSSR count). The monoisotopic (exact) mass is 284 g/mol. The number of halogens is 1. The van der Waals surface area contributed by atoms with Crippen molar-refractivity contribution >= 4 is 23.4 Å². The molecule has 1 aromatic rings. The molecule has 1 fully saturated rings. The fourth-order valence-corrected chi connectivity index (χ4v) is 2.55. The van der Waals surface area contributed by atoms with Crippen LogP contribution in [0.5, 0.6) is 0 Å². The van der Waals surface area contributed by atoms with Gasteiger partial charge in [-0.1, -0.05) is 25.4 Å². The van der Waals surface area contributed by atoms with Gasteiger partial charge >= 0.3 is 0 Å². The van der Waals surface area contributed by atoms with E-state index < -0.39 is 0 Å². The Morgan fingerprint density at radius 2 is 2.26 bits per heavy atom. The molecule has 1 aliphatic carbocycles. The molecule has 0 aliphatic heterocycles. The predicted octanol–water partition coefficient (Wildman–Crippen LogP) is 2.79. The van der Waals surface area contributed by atoms with Gasteiger partial charge in [-0.3, -0.25) is 0 Å². The smallest absolute Gasteiger partial charge is 0.224 e. The van der Waals surface area contributed by atoms with Gasteiger partial charge in [-0.25, -0.2) is 4.98 Å². The van der Waals surface area contributed by atoms with Crippen LogP contribution in [0.25, 0.3) is 0 Å². The first-order chi connectivity index (χ1) is 8.98. The van der Waals surface area contributed by atoms with Crippen molar-refractivity contribution in [3.05, 3.63) is 11.2 Å². The first-order valence-corrected chi connectivity index (χ1v) is 6.92. The molecule has 1 heterocycles. The quantitative estimate of drug-likeness (QED) is 0.871. The highest BCUT2D eigenvalue weighted by Gasteiger charge is 2.48. The first-order valence-electron chi connectivity index (χ1n) is 6.54. The molecule has 2 N–H and O–H groups in total. The molecule has 1 aliphatic rings. The van der Waals surface area contributed by atoms with Crippen molar-refractivity contribution in [3.63, 3.8) is 0 Å². The third kappa shape index (κ3) is 2.77. The Labute approximate surface area is 119 Å². The molecule has 2 unspecified atom stereocenters. The van der Waals surface area contributed by atoms with E-state index in [2.05, 4.69) is 34.4 Å². The van der Waals surface area contributed by atoms with E-state index in [1.807, 2.05) is 6.92 Å². The molecule has 1 aromatic heterocycles. The topological polar surface area (TPSA) is 59.1 Å². The molecule has 0 spiro atoms. The molecule has 106 valence electrons. The maximum atomic E-state index is 6.14. The Morgan fingerprint density at radius 3 is 2.84 bits per heavy atom. The maximum Gasteiger partial charge on any atom is 0.224 e. The van der Waals surface area contributed by atoms with E-state index in [9.17, 15) is 0 Å². The zero-order valence-corrected chi connectivity index (χ0v) is 12.6. The second kappa shape index (κ2) is 5.51. The van der Waals surface area contributed by atoms with E-state index in [1.165, 1.54) is 0 Å². The molecule has 1 saturated carbocycles. The summed E-state index contributed by atoms with van der Waals surface area (Å²) in [6.45, 7) is 7.15. The van der Waals surface area contributed by atoms with Gasteiger partial charge in [-0.05, 0) is 13.3 Å². The summed E-state index contributed by atoms with van der Waals surface area (Å²) in [6.07, 6.45) is 2.85. The van der Waals surface area contributed by atoms with Crippen LogP contribution in [0.15, 0.2) is 6.20 Å². The molecular weight excluding hydrogens is 264 g/mol. The van der Waals surface area contributed by atoms with E-state index >= 15 is 0 Å². The zero-order valence-electron chi connectivity index (χ0n) is 11.8. The number of aromatic nitrogens is 2. The number of nitrogens with one attached hydrogen (secondary N) is 2. The summed E-state index contributed by atoms with van der Waals surface area (Å²) in [5.74, 6) is 1.27. The Balaban J connectivity index is 2.09. The minimum atomic E-state index is 0.0708. The van der Waals surface area contributed by atoms with Gasteiger partial charge in [0.2, 0.25) is 5.95 Å². The van der Waals surface area contributed by atoms with Crippen molar-refractivity contribution in [2.75, 3.05) is 24.3 Å². The Bertz CT molecular complexity index is 452. The Kier molecular flexibility index (Phi) is 4.16. The molecule has 19 heavy (non-hydrogen) atoms. The normalized spacial score (nSPS) is 24.7. The minimum Gasteiger partial charge on any atom is -0.381 e. The largest absolute Gasteiger partial charge is 0.381 e. The number of anilines is 2. The van der Waals surface area contributed by atoms with Crippen LogP contribution in [0, 0.1) is 5.41 Å². The SMILES string of the molecule is CCNc1ncc(Cl)c(NC2CC(OC)C2(C)C)n1. The lowest BCUT2D eigenvalue weighted by Gasteiger charge is -2.51. The summed E-state index contributed by atoms with van der Waals surface area (Å²) in [4.78, 5) is 8.52. The minimum absolute atomic E-state index is 0.0708. The highest BCUT2D eigenvalue weighted by Crippen LogP contribution is 2.44. The number of ether oxygens (including phenoxy) is 1. The van der Waals surface area contributed by atoms with Crippen LogP contribution in [0.3, 0.4) is 0 Å². The molecule has 0 aromatic carbocycles. The lowest BCUT2D eigenvalue weighted by molar-refractivity contribution is -0.0795. The highest BCUT2D eigenvalue weighted by atomic mass is 35.5. The zero-order chi connectivity index (χ0) is 14.0. The molecule has 0 amide bonds. The number of nitrogens with zero attached hydrogens (tertiary/aromatic N) is 2. The standard InChI is InChI=1S/C13H21ClN4O/c1-5-15-12-16-7-8(14)11(18-12)17-9-6-10(19-4)13(9,2)3/h7,9-10H,5-6H2,1-4H3,(H2,15,16,17,18). The van der Waals surface area contributed by atoms with Crippen LogP contribution in [0.2, 0.25) is 5.02 Å². The van der Waals surface area contributed by atoms with Crippen LogP contribution in [-0.4, -0.2) is 35.8 Å². The Morgan fingerprint density at radius 1 is 1.53 bits per heavy atom. The third-order valence-corrected chi connectivity index (χ3v) is 4.13. The number of hydrogen-bond donors (Lipinski definition) is 2. The molecule has 5 nitrogen and oxygen atoms in total. The van der Waals surface area contributed by atoms with Gasteiger partial charge in [-0.15, -0.1) is 0 Å². The van der Waals surface area contributed by atoms with E-state index in [4.69, 9.17) is 16.3 Å². The van der Waals surface area contributed by atoms with Crippen molar-refractivity contribution in [2.45, 2.75) is 39.3 Å². The van der Waals surface area contributed by atoms with E-state index in [0.29, 0.717) is 22.8 Å². The van der Waals surface area contributed by atoms with Gasteiger partial charge in [0, 0.05) is 25.1 Å². The average molecular weight is 285 g/mol. The van der Waals surface area contributed by atoms with E-state index in [-0.39, 0.29) is 11.5 Å². The van der Waals surface area contributed by atoms with Gasteiger partial charge in [0.05, 0.1) is 12.3 Å². The van der Waals surface area contributed by atoms with Crippen molar-refractivity contribution < 1.29 is 4.74 Å². The summed E-state index contributed by atoms with van der Waals surface area (Å²) in [5, 5.41) is 7.02. The van der Waals surface area contributed by atoms with Crippen LogP contribution < -0.4 is 10.6 Å².